The van der Waals surface area contributed by atoms with E-state index in [2.05, 4.69) is 27.1 Å². The molecule has 0 unspecified atom stereocenters. The minimum atomic E-state index is 0.905. The Bertz CT molecular complexity index is 500. The molecule has 0 amide bonds. The van der Waals surface area contributed by atoms with Gasteiger partial charge in [0.2, 0.25) is 0 Å². The number of hydrogen-bond donors (Lipinski definition) is 0. The van der Waals surface area contributed by atoms with E-state index in [9.17, 15) is 0 Å². The molecule has 0 radical (unpaired) electrons. The van der Waals surface area contributed by atoms with Crippen LogP contribution < -0.4 is 4.90 Å². The average molecular weight is 200 g/mol. The summed E-state index contributed by atoms with van der Waals surface area (Å²) in [5, 5.41) is 4.13. The topological polar surface area (TPSA) is 33.4 Å². The summed E-state index contributed by atoms with van der Waals surface area (Å²) < 4.78 is 1.78. The van der Waals surface area contributed by atoms with E-state index in [4.69, 9.17) is 0 Å². The van der Waals surface area contributed by atoms with Gasteiger partial charge in [0.15, 0.2) is 5.65 Å². The fraction of sp³-hybridized carbons (Fsp3) is 0.273. The van der Waals surface area contributed by atoms with Crippen LogP contribution in [0, 0.1) is 0 Å². The fourth-order valence-corrected chi connectivity index (χ4v) is 1.83. The number of nitrogens with zero attached hydrogens (tertiary/aromatic N) is 4. The van der Waals surface area contributed by atoms with Gasteiger partial charge >= 0.3 is 0 Å². The van der Waals surface area contributed by atoms with Crippen molar-refractivity contribution in [3.8, 4) is 0 Å². The lowest BCUT2D eigenvalue weighted by Gasteiger charge is -2.24. The zero-order chi connectivity index (χ0) is 10.1. The van der Waals surface area contributed by atoms with Crippen LogP contribution in [-0.4, -0.2) is 27.7 Å². The largest absolute Gasteiger partial charge is 0.352 e. The van der Waals surface area contributed by atoms with Crippen LogP contribution in [0.15, 0.2) is 36.7 Å². The Morgan fingerprint density at radius 1 is 1.20 bits per heavy atom. The SMILES string of the molecule is C1=CCN(c2ccn3nccc3n2)CC1. The van der Waals surface area contributed by atoms with Crippen molar-refractivity contribution in [1.29, 1.82) is 0 Å². The van der Waals surface area contributed by atoms with Crippen molar-refractivity contribution in [2.24, 2.45) is 0 Å². The van der Waals surface area contributed by atoms with Crippen LogP contribution >= 0.6 is 0 Å². The molecule has 0 fully saturated rings. The van der Waals surface area contributed by atoms with Gasteiger partial charge in [0.1, 0.15) is 5.82 Å². The molecule has 2 aromatic rings. The molecule has 0 atom stereocenters. The van der Waals surface area contributed by atoms with Gasteiger partial charge in [-0.15, -0.1) is 0 Å². The van der Waals surface area contributed by atoms with Crippen molar-refractivity contribution < 1.29 is 0 Å². The molecule has 4 nitrogen and oxygen atoms in total. The maximum Gasteiger partial charge on any atom is 0.157 e. The first kappa shape index (κ1) is 8.47. The molecule has 0 aromatic carbocycles. The molecule has 0 saturated carbocycles. The second-order valence-corrected chi connectivity index (χ2v) is 3.63. The van der Waals surface area contributed by atoms with Gasteiger partial charge in [-0.3, -0.25) is 0 Å². The molecule has 0 saturated heterocycles. The molecule has 0 aliphatic carbocycles. The van der Waals surface area contributed by atoms with E-state index in [1.165, 1.54) is 0 Å². The molecule has 2 aromatic heterocycles. The van der Waals surface area contributed by atoms with Crippen LogP contribution in [0.25, 0.3) is 5.65 Å². The smallest absolute Gasteiger partial charge is 0.157 e. The zero-order valence-corrected chi connectivity index (χ0v) is 8.37. The second kappa shape index (κ2) is 3.38. The average Bonchev–Trinajstić information content (AvgIpc) is 2.77. The molecule has 76 valence electrons. The highest BCUT2D eigenvalue weighted by Gasteiger charge is 2.08. The van der Waals surface area contributed by atoms with E-state index in [0.29, 0.717) is 0 Å². The van der Waals surface area contributed by atoms with Crippen LogP contribution in [0.3, 0.4) is 0 Å². The minimum Gasteiger partial charge on any atom is -0.352 e. The third-order valence-electron chi connectivity index (χ3n) is 2.63. The van der Waals surface area contributed by atoms with Crippen molar-refractivity contribution in [2.45, 2.75) is 6.42 Å². The highest BCUT2D eigenvalue weighted by molar-refractivity contribution is 5.48. The Morgan fingerprint density at radius 3 is 3.07 bits per heavy atom. The first-order chi connectivity index (χ1) is 7.43. The van der Waals surface area contributed by atoms with Crippen molar-refractivity contribution >= 4 is 11.5 Å². The predicted molar refractivity (Wildman–Crippen MR) is 59.0 cm³/mol. The van der Waals surface area contributed by atoms with E-state index in [1.807, 2.05) is 18.3 Å². The van der Waals surface area contributed by atoms with Gasteiger partial charge < -0.3 is 4.90 Å². The van der Waals surface area contributed by atoms with Crippen molar-refractivity contribution in [3.05, 3.63) is 36.7 Å². The van der Waals surface area contributed by atoms with Crippen molar-refractivity contribution in [1.82, 2.24) is 14.6 Å². The zero-order valence-electron chi connectivity index (χ0n) is 8.37. The lowest BCUT2D eigenvalue weighted by Crippen LogP contribution is -2.27. The summed E-state index contributed by atoms with van der Waals surface area (Å²) >= 11 is 0. The highest BCUT2D eigenvalue weighted by Crippen LogP contribution is 2.14. The van der Waals surface area contributed by atoms with Gasteiger partial charge in [0.25, 0.3) is 0 Å². The number of anilines is 1. The summed E-state index contributed by atoms with van der Waals surface area (Å²) in [6.07, 6.45) is 9.23. The lowest BCUT2D eigenvalue weighted by atomic mass is 10.2. The van der Waals surface area contributed by atoms with Crippen molar-refractivity contribution in [2.75, 3.05) is 18.0 Å². The Kier molecular flexibility index (Phi) is 1.91. The Hall–Kier alpha value is -1.84. The van der Waals surface area contributed by atoms with E-state index in [-0.39, 0.29) is 0 Å². The highest BCUT2D eigenvalue weighted by atomic mass is 15.3. The van der Waals surface area contributed by atoms with Gasteiger partial charge in [0.05, 0.1) is 6.20 Å². The van der Waals surface area contributed by atoms with Crippen LogP contribution in [0.1, 0.15) is 6.42 Å². The summed E-state index contributed by atoms with van der Waals surface area (Å²) in [7, 11) is 0. The Labute approximate surface area is 87.8 Å². The van der Waals surface area contributed by atoms with Crippen LogP contribution in [0.5, 0.6) is 0 Å². The summed E-state index contributed by atoms with van der Waals surface area (Å²) in [6, 6.07) is 3.93. The molecule has 0 bridgehead atoms. The molecule has 15 heavy (non-hydrogen) atoms. The summed E-state index contributed by atoms with van der Waals surface area (Å²) in [5.41, 5.74) is 0.905. The van der Waals surface area contributed by atoms with Crippen LogP contribution in [0.2, 0.25) is 0 Å². The molecule has 4 heteroatoms. The van der Waals surface area contributed by atoms with Crippen molar-refractivity contribution in [3.63, 3.8) is 0 Å². The first-order valence-corrected chi connectivity index (χ1v) is 5.14. The second-order valence-electron chi connectivity index (χ2n) is 3.63. The quantitative estimate of drug-likeness (QED) is 0.654. The normalized spacial score (nSPS) is 16.1. The number of hydrogen-bond acceptors (Lipinski definition) is 3. The molecule has 3 rings (SSSR count). The summed E-state index contributed by atoms with van der Waals surface area (Å²) in [4.78, 5) is 6.82. The van der Waals surface area contributed by atoms with Gasteiger partial charge in [-0.2, -0.15) is 5.10 Å². The third kappa shape index (κ3) is 1.48. The van der Waals surface area contributed by atoms with E-state index in [0.717, 1.165) is 31.0 Å². The number of aromatic nitrogens is 3. The monoisotopic (exact) mass is 200 g/mol. The Morgan fingerprint density at radius 2 is 2.20 bits per heavy atom. The Balaban J connectivity index is 1.99. The van der Waals surface area contributed by atoms with Gasteiger partial charge in [-0.05, 0) is 12.5 Å². The molecular weight excluding hydrogens is 188 g/mol. The summed E-state index contributed by atoms with van der Waals surface area (Å²) in [5.74, 6) is 1.03. The van der Waals surface area contributed by atoms with E-state index in [1.54, 1.807) is 10.7 Å². The third-order valence-corrected chi connectivity index (χ3v) is 2.63. The fourth-order valence-electron chi connectivity index (χ4n) is 1.83. The maximum absolute atomic E-state index is 4.55. The number of rotatable bonds is 1. The van der Waals surface area contributed by atoms with Gasteiger partial charge in [0, 0.05) is 25.4 Å². The minimum absolute atomic E-state index is 0.905. The molecule has 0 spiro atoms. The first-order valence-electron chi connectivity index (χ1n) is 5.14. The molecule has 0 N–H and O–H groups in total. The predicted octanol–water partition coefficient (Wildman–Crippen LogP) is 1.50. The van der Waals surface area contributed by atoms with E-state index >= 15 is 0 Å². The van der Waals surface area contributed by atoms with Gasteiger partial charge in [-0.25, -0.2) is 9.50 Å². The van der Waals surface area contributed by atoms with E-state index < -0.39 is 0 Å². The molecule has 3 heterocycles. The summed E-state index contributed by atoms with van der Waals surface area (Å²) in [6.45, 7) is 2.01. The lowest BCUT2D eigenvalue weighted by molar-refractivity contribution is 0.801. The molecule has 1 aliphatic rings. The van der Waals surface area contributed by atoms with Gasteiger partial charge in [-0.1, -0.05) is 12.2 Å². The van der Waals surface area contributed by atoms with Crippen LogP contribution in [-0.2, 0) is 0 Å². The maximum atomic E-state index is 4.55. The van der Waals surface area contributed by atoms with Crippen LogP contribution in [0.4, 0.5) is 5.82 Å². The molecule has 1 aliphatic heterocycles. The number of fused-ring (bicyclic) bond motifs is 1. The standard InChI is InChI=1S/C11H12N4/c1-2-7-14(8-3-1)10-5-9-15-11(13-10)4-6-12-15/h1-2,4-6,9H,3,7-8H2. The molecular formula is C11H12N4.